The van der Waals surface area contributed by atoms with Crippen LogP contribution >= 0.6 is 0 Å². The molecule has 0 amide bonds. The maximum Gasteiger partial charge on any atom is 0.165 e. The molecule has 0 aliphatic carbocycles. The number of nitriles is 1. The van der Waals surface area contributed by atoms with Gasteiger partial charge in [0.2, 0.25) is 0 Å². The van der Waals surface area contributed by atoms with E-state index in [0.29, 0.717) is 25.0 Å². The lowest BCUT2D eigenvalue weighted by Gasteiger charge is -2.15. The molecule has 3 nitrogen and oxygen atoms in total. The van der Waals surface area contributed by atoms with Crippen molar-refractivity contribution in [2.45, 2.75) is 39.7 Å². The molecular weight excluding hydrogens is 245 g/mol. The van der Waals surface area contributed by atoms with Crippen molar-refractivity contribution in [3.8, 4) is 11.8 Å². The largest absolute Gasteiger partial charge is 0.491 e. The highest BCUT2D eigenvalue weighted by Crippen LogP contribution is 2.24. The number of rotatable bonds is 6. The lowest BCUT2D eigenvalue weighted by Crippen LogP contribution is -2.10. The van der Waals surface area contributed by atoms with Crippen molar-refractivity contribution in [3.05, 3.63) is 29.6 Å². The Morgan fingerprint density at radius 1 is 1.47 bits per heavy atom. The van der Waals surface area contributed by atoms with Crippen molar-refractivity contribution in [3.63, 3.8) is 0 Å². The Morgan fingerprint density at radius 3 is 2.68 bits per heavy atom. The van der Waals surface area contributed by atoms with Gasteiger partial charge in [0, 0.05) is 0 Å². The molecule has 104 valence electrons. The van der Waals surface area contributed by atoms with Crippen LogP contribution < -0.4 is 4.74 Å². The van der Waals surface area contributed by atoms with E-state index in [1.54, 1.807) is 13.0 Å². The number of hydrogen-bond donors (Lipinski definition) is 1. The highest BCUT2D eigenvalue weighted by Gasteiger charge is 2.16. The molecule has 0 aliphatic heterocycles. The second-order valence-electron chi connectivity index (χ2n) is 5.31. The molecule has 0 aliphatic rings. The summed E-state index contributed by atoms with van der Waals surface area (Å²) in [6, 6.07) is 6.65. The maximum absolute atomic E-state index is 13.6. The molecular formula is C15H20FNO2. The summed E-state index contributed by atoms with van der Waals surface area (Å²) in [6.45, 7) is 5.69. The van der Waals surface area contributed by atoms with Crippen molar-refractivity contribution in [2.75, 3.05) is 6.61 Å². The Hall–Kier alpha value is -1.60. The van der Waals surface area contributed by atoms with Gasteiger partial charge in [-0.05, 0) is 51.3 Å². The predicted octanol–water partition coefficient (Wildman–Crippen LogP) is 3.59. The molecule has 19 heavy (non-hydrogen) atoms. The average molecular weight is 265 g/mol. The van der Waals surface area contributed by atoms with E-state index >= 15 is 0 Å². The van der Waals surface area contributed by atoms with Crippen LogP contribution in [0.5, 0.6) is 5.75 Å². The second-order valence-corrected chi connectivity index (χ2v) is 5.31. The van der Waals surface area contributed by atoms with Crippen LogP contribution in [-0.4, -0.2) is 11.7 Å². The van der Waals surface area contributed by atoms with Crippen LogP contribution in [0.25, 0.3) is 0 Å². The summed E-state index contributed by atoms with van der Waals surface area (Å²) in [5, 5.41) is 18.2. The molecule has 1 rings (SSSR count). The minimum Gasteiger partial charge on any atom is -0.491 e. The van der Waals surface area contributed by atoms with Gasteiger partial charge in [-0.15, -0.1) is 0 Å². The zero-order valence-corrected chi connectivity index (χ0v) is 11.6. The summed E-state index contributed by atoms with van der Waals surface area (Å²) in [7, 11) is 0. The van der Waals surface area contributed by atoms with Crippen LogP contribution in [0.1, 0.15) is 45.3 Å². The molecule has 0 unspecified atom stereocenters. The molecule has 0 saturated heterocycles. The van der Waals surface area contributed by atoms with E-state index in [1.807, 2.05) is 13.8 Å². The van der Waals surface area contributed by atoms with Crippen molar-refractivity contribution in [1.82, 2.24) is 0 Å². The Morgan fingerprint density at radius 2 is 2.16 bits per heavy atom. The fourth-order valence-electron chi connectivity index (χ4n) is 1.65. The Kier molecular flexibility index (Phi) is 5.31. The normalized spacial score (nSPS) is 12.8. The van der Waals surface area contributed by atoms with E-state index in [-0.39, 0.29) is 11.2 Å². The van der Waals surface area contributed by atoms with Crippen LogP contribution in [0.2, 0.25) is 0 Å². The van der Waals surface area contributed by atoms with E-state index in [4.69, 9.17) is 10.00 Å². The molecule has 0 radical (unpaired) electrons. The fraction of sp³-hybridized carbons (Fsp3) is 0.533. The SMILES string of the molecule is C[C@H](O)c1ccc(OCCCC(C)(C)C#N)c(F)c1. The highest BCUT2D eigenvalue weighted by molar-refractivity contribution is 5.30. The number of nitrogens with zero attached hydrogens (tertiary/aromatic N) is 1. The highest BCUT2D eigenvalue weighted by atomic mass is 19.1. The number of benzene rings is 1. The molecule has 1 atom stereocenters. The summed E-state index contributed by atoms with van der Waals surface area (Å²) in [6.07, 6.45) is 0.703. The summed E-state index contributed by atoms with van der Waals surface area (Å²) >= 11 is 0. The monoisotopic (exact) mass is 265 g/mol. The molecule has 0 saturated carbocycles. The van der Waals surface area contributed by atoms with Gasteiger partial charge in [0.1, 0.15) is 0 Å². The molecule has 0 spiro atoms. The lowest BCUT2D eigenvalue weighted by atomic mass is 9.90. The first kappa shape index (κ1) is 15.5. The standard InChI is InChI=1S/C15H20FNO2/c1-11(18)12-5-6-14(13(16)9-12)19-8-4-7-15(2,3)10-17/h5-6,9,11,18H,4,7-8H2,1-3H3/t11-/m0/s1. The van der Waals surface area contributed by atoms with E-state index < -0.39 is 11.9 Å². The first-order valence-corrected chi connectivity index (χ1v) is 6.37. The first-order chi connectivity index (χ1) is 8.85. The van der Waals surface area contributed by atoms with Gasteiger partial charge in [-0.25, -0.2) is 4.39 Å². The number of ether oxygens (including phenoxy) is 1. The van der Waals surface area contributed by atoms with Crippen LogP contribution in [0.4, 0.5) is 4.39 Å². The number of aliphatic hydroxyl groups is 1. The third-order valence-electron chi connectivity index (χ3n) is 2.94. The van der Waals surface area contributed by atoms with Gasteiger partial charge < -0.3 is 9.84 Å². The zero-order valence-electron chi connectivity index (χ0n) is 11.6. The lowest BCUT2D eigenvalue weighted by molar-refractivity contribution is 0.198. The summed E-state index contributed by atoms with van der Waals surface area (Å²) in [5.74, 6) is -0.294. The van der Waals surface area contributed by atoms with Gasteiger partial charge in [-0.3, -0.25) is 0 Å². The van der Waals surface area contributed by atoms with Gasteiger partial charge in [-0.1, -0.05) is 6.07 Å². The van der Waals surface area contributed by atoms with Crippen LogP contribution in [0, 0.1) is 22.6 Å². The van der Waals surface area contributed by atoms with Crippen LogP contribution in [0.15, 0.2) is 18.2 Å². The first-order valence-electron chi connectivity index (χ1n) is 6.37. The average Bonchev–Trinajstić information content (AvgIpc) is 2.36. The summed E-state index contributed by atoms with van der Waals surface area (Å²) < 4.78 is 19.0. The van der Waals surface area contributed by atoms with E-state index in [2.05, 4.69) is 6.07 Å². The van der Waals surface area contributed by atoms with Crippen molar-refractivity contribution < 1.29 is 14.2 Å². The minimum atomic E-state index is -0.694. The van der Waals surface area contributed by atoms with Gasteiger partial charge >= 0.3 is 0 Å². The zero-order chi connectivity index (χ0) is 14.5. The predicted molar refractivity (Wildman–Crippen MR) is 71.2 cm³/mol. The quantitative estimate of drug-likeness (QED) is 0.800. The van der Waals surface area contributed by atoms with E-state index in [9.17, 15) is 9.50 Å². The van der Waals surface area contributed by atoms with E-state index in [1.165, 1.54) is 12.1 Å². The smallest absolute Gasteiger partial charge is 0.165 e. The molecule has 0 bridgehead atoms. The summed E-state index contributed by atoms with van der Waals surface area (Å²) in [4.78, 5) is 0. The van der Waals surface area contributed by atoms with Crippen LogP contribution in [0.3, 0.4) is 0 Å². The molecule has 0 heterocycles. The van der Waals surface area contributed by atoms with Gasteiger partial charge in [0.05, 0.1) is 24.2 Å². The third kappa shape index (κ3) is 4.88. The molecule has 1 aromatic rings. The fourth-order valence-corrected chi connectivity index (χ4v) is 1.65. The topological polar surface area (TPSA) is 53.2 Å². The third-order valence-corrected chi connectivity index (χ3v) is 2.94. The maximum atomic E-state index is 13.6. The van der Waals surface area contributed by atoms with Gasteiger partial charge in [-0.2, -0.15) is 5.26 Å². The molecule has 0 fully saturated rings. The van der Waals surface area contributed by atoms with Crippen molar-refractivity contribution in [1.29, 1.82) is 5.26 Å². The Labute approximate surface area is 113 Å². The number of hydrogen-bond acceptors (Lipinski definition) is 3. The minimum absolute atomic E-state index is 0.180. The Bertz CT molecular complexity index is 464. The summed E-state index contributed by atoms with van der Waals surface area (Å²) in [5.41, 5.74) is 0.147. The molecule has 1 N–H and O–H groups in total. The van der Waals surface area contributed by atoms with Crippen LogP contribution in [-0.2, 0) is 0 Å². The molecule has 4 heteroatoms. The second kappa shape index (κ2) is 6.53. The van der Waals surface area contributed by atoms with Gasteiger partial charge in [0.15, 0.2) is 11.6 Å². The van der Waals surface area contributed by atoms with Crippen molar-refractivity contribution in [2.24, 2.45) is 5.41 Å². The van der Waals surface area contributed by atoms with Gasteiger partial charge in [0.25, 0.3) is 0 Å². The molecule has 0 aromatic heterocycles. The Balaban J connectivity index is 2.49. The number of halogens is 1. The van der Waals surface area contributed by atoms with E-state index in [0.717, 1.165) is 0 Å². The number of aliphatic hydroxyl groups excluding tert-OH is 1. The molecule has 1 aromatic carbocycles. The van der Waals surface area contributed by atoms with Crippen molar-refractivity contribution >= 4 is 0 Å².